The standard InChI is InChI=1S/C8H14N4OS/c1-9-6-7-10-11-8(13-7)12-2-4-14-5-3-12/h9H,2-6H2,1H3. The molecule has 0 bridgehead atoms. The largest absolute Gasteiger partial charge is 0.407 e. The minimum atomic E-state index is 0.635. The molecule has 1 aromatic heterocycles. The smallest absolute Gasteiger partial charge is 0.318 e. The lowest BCUT2D eigenvalue weighted by Gasteiger charge is -2.23. The Balaban J connectivity index is 2.00. The van der Waals surface area contributed by atoms with E-state index in [0.717, 1.165) is 24.6 Å². The Morgan fingerprint density at radius 1 is 1.43 bits per heavy atom. The topological polar surface area (TPSA) is 54.2 Å². The summed E-state index contributed by atoms with van der Waals surface area (Å²) in [5.41, 5.74) is 0. The van der Waals surface area contributed by atoms with Crippen molar-refractivity contribution in [3.63, 3.8) is 0 Å². The van der Waals surface area contributed by atoms with E-state index in [4.69, 9.17) is 4.42 Å². The number of hydrogen-bond acceptors (Lipinski definition) is 6. The molecule has 1 fully saturated rings. The van der Waals surface area contributed by atoms with Gasteiger partial charge in [0.25, 0.3) is 0 Å². The Bertz CT molecular complexity index is 285. The van der Waals surface area contributed by atoms with Crippen LogP contribution in [0.5, 0.6) is 0 Å². The van der Waals surface area contributed by atoms with Crippen LogP contribution in [0.4, 0.5) is 6.01 Å². The van der Waals surface area contributed by atoms with Crippen molar-refractivity contribution in [3.05, 3.63) is 5.89 Å². The first kappa shape index (κ1) is 9.79. The molecule has 2 heterocycles. The lowest BCUT2D eigenvalue weighted by molar-refractivity contribution is 0.473. The second kappa shape index (κ2) is 4.65. The van der Waals surface area contributed by atoms with Crippen LogP contribution in [0.1, 0.15) is 5.89 Å². The van der Waals surface area contributed by atoms with Gasteiger partial charge in [0, 0.05) is 24.6 Å². The minimum absolute atomic E-state index is 0.635. The van der Waals surface area contributed by atoms with Crippen LogP contribution in [0.2, 0.25) is 0 Å². The monoisotopic (exact) mass is 214 g/mol. The molecule has 1 aliphatic heterocycles. The van der Waals surface area contributed by atoms with Gasteiger partial charge in [-0.15, -0.1) is 5.10 Å². The van der Waals surface area contributed by atoms with E-state index in [9.17, 15) is 0 Å². The van der Waals surface area contributed by atoms with E-state index < -0.39 is 0 Å². The first-order chi connectivity index (χ1) is 6.90. The van der Waals surface area contributed by atoms with Crippen LogP contribution in [0, 0.1) is 0 Å². The quantitative estimate of drug-likeness (QED) is 0.783. The van der Waals surface area contributed by atoms with Gasteiger partial charge in [0.15, 0.2) is 0 Å². The summed E-state index contributed by atoms with van der Waals surface area (Å²) in [7, 11) is 1.86. The Morgan fingerprint density at radius 2 is 2.21 bits per heavy atom. The fourth-order valence-electron chi connectivity index (χ4n) is 1.35. The van der Waals surface area contributed by atoms with Crippen LogP contribution in [0.15, 0.2) is 4.42 Å². The molecule has 78 valence electrons. The molecule has 0 atom stereocenters. The molecule has 6 heteroatoms. The number of hydrogen-bond donors (Lipinski definition) is 1. The van der Waals surface area contributed by atoms with Crippen molar-refractivity contribution >= 4 is 17.8 Å². The Kier molecular flexibility index (Phi) is 3.26. The van der Waals surface area contributed by atoms with Gasteiger partial charge < -0.3 is 14.6 Å². The van der Waals surface area contributed by atoms with Crippen LogP contribution >= 0.6 is 11.8 Å². The van der Waals surface area contributed by atoms with E-state index >= 15 is 0 Å². The van der Waals surface area contributed by atoms with Gasteiger partial charge in [-0.1, -0.05) is 5.10 Å². The second-order valence-electron chi connectivity index (χ2n) is 3.11. The number of nitrogens with zero attached hydrogens (tertiary/aromatic N) is 3. The maximum atomic E-state index is 5.50. The van der Waals surface area contributed by atoms with E-state index in [1.54, 1.807) is 0 Å². The Labute approximate surface area is 87.3 Å². The SMILES string of the molecule is CNCc1nnc(N2CCSCC2)o1. The molecule has 1 aliphatic rings. The molecule has 0 aliphatic carbocycles. The zero-order chi connectivity index (χ0) is 9.80. The molecule has 0 saturated carbocycles. The van der Waals surface area contributed by atoms with Crippen molar-refractivity contribution in [1.82, 2.24) is 15.5 Å². The Hall–Kier alpha value is -0.750. The first-order valence-corrected chi connectivity index (χ1v) is 5.85. The third kappa shape index (κ3) is 2.19. The van der Waals surface area contributed by atoms with Gasteiger partial charge in [-0.25, -0.2) is 0 Å². The van der Waals surface area contributed by atoms with Crippen LogP contribution in [-0.2, 0) is 6.54 Å². The lowest BCUT2D eigenvalue weighted by Crippen LogP contribution is -2.32. The molecule has 0 aromatic carbocycles. The molecular weight excluding hydrogens is 200 g/mol. The van der Waals surface area contributed by atoms with Crippen molar-refractivity contribution in [2.24, 2.45) is 0 Å². The van der Waals surface area contributed by atoms with Crippen molar-refractivity contribution in [3.8, 4) is 0 Å². The maximum absolute atomic E-state index is 5.50. The van der Waals surface area contributed by atoms with Crippen LogP contribution in [-0.4, -0.2) is 41.8 Å². The Morgan fingerprint density at radius 3 is 2.93 bits per heavy atom. The molecule has 0 radical (unpaired) electrons. The van der Waals surface area contributed by atoms with Gasteiger partial charge >= 0.3 is 6.01 Å². The number of aromatic nitrogens is 2. The third-order valence-corrected chi connectivity index (χ3v) is 3.01. The number of nitrogens with one attached hydrogen (secondary N) is 1. The zero-order valence-corrected chi connectivity index (χ0v) is 9.01. The van der Waals surface area contributed by atoms with Crippen molar-refractivity contribution in [2.75, 3.05) is 36.5 Å². The summed E-state index contributed by atoms with van der Waals surface area (Å²) in [5.74, 6) is 2.94. The van der Waals surface area contributed by atoms with Crippen LogP contribution in [0.3, 0.4) is 0 Å². The van der Waals surface area contributed by atoms with Gasteiger partial charge in [0.05, 0.1) is 6.54 Å². The molecule has 2 rings (SSSR count). The summed E-state index contributed by atoms with van der Waals surface area (Å²) < 4.78 is 5.50. The highest BCUT2D eigenvalue weighted by Crippen LogP contribution is 2.17. The van der Waals surface area contributed by atoms with Crippen LogP contribution < -0.4 is 10.2 Å². The van der Waals surface area contributed by atoms with Crippen molar-refractivity contribution in [2.45, 2.75) is 6.54 Å². The summed E-state index contributed by atoms with van der Waals surface area (Å²) in [6, 6.07) is 0.663. The van der Waals surface area contributed by atoms with E-state index in [2.05, 4.69) is 20.4 Å². The molecule has 0 unspecified atom stereocenters. The van der Waals surface area contributed by atoms with E-state index in [-0.39, 0.29) is 0 Å². The molecule has 14 heavy (non-hydrogen) atoms. The first-order valence-electron chi connectivity index (χ1n) is 4.70. The zero-order valence-electron chi connectivity index (χ0n) is 8.19. The summed E-state index contributed by atoms with van der Waals surface area (Å²) in [4.78, 5) is 2.14. The molecule has 1 N–H and O–H groups in total. The predicted molar refractivity (Wildman–Crippen MR) is 56.6 cm³/mol. The minimum Gasteiger partial charge on any atom is -0.407 e. The van der Waals surface area contributed by atoms with Gasteiger partial charge in [-0.2, -0.15) is 11.8 Å². The molecule has 1 aromatic rings. The summed E-state index contributed by atoms with van der Waals surface area (Å²) in [6.07, 6.45) is 0. The van der Waals surface area contributed by atoms with E-state index in [1.165, 1.54) is 0 Å². The second-order valence-corrected chi connectivity index (χ2v) is 4.33. The number of anilines is 1. The fraction of sp³-hybridized carbons (Fsp3) is 0.750. The molecule has 0 spiro atoms. The number of thioether (sulfide) groups is 1. The summed E-state index contributed by atoms with van der Waals surface area (Å²) >= 11 is 1.97. The highest BCUT2D eigenvalue weighted by molar-refractivity contribution is 7.99. The molecular formula is C8H14N4OS. The number of rotatable bonds is 3. The molecule has 0 amide bonds. The highest BCUT2D eigenvalue weighted by atomic mass is 32.2. The van der Waals surface area contributed by atoms with Gasteiger partial charge in [-0.3, -0.25) is 0 Å². The maximum Gasteiger partial charge on any atom is 0.318 e. The van der Waals surface area contributed by atoms with Gasteiger partial charge in [-0.05, 0) is 7.05 Å². The molecule has 1 saturated heterocycles. The third-order valence-electron chi connectivity index (χ3n) is 2.07. The summed E-state index contributed by atoms with van der Waals surface area (Å²) in [6.45, 7) is 2.65. The normalized spacial score (nSPS) is 17.4. The predicted octanol–water partition coefficient (Wildman–Crippen LogP) is 0.342. The van der Waals surface area contributed by atoms with Gasteiger partial charge in [0.1, 0.15) is 0 Å². The molecule has 5 nitrogen and oxygen atoms in total. The average Bonchev–Trinajstić information content (AvgIpc) is 2.68. The van der Waals surface area contributed by atoms with E-state index in [0.29, 0.717) is 18.5 Å². The highest BCUT2D eigenvalue weighted by Gasteiger charge is 2.16. The van der Waals surface area contributed by atoms with Crippen LogP contribution in [0.25, 0.3) is 0 Å². The van der Waals surface area contributed by atoms with Gasteiger partial charge in [0.2, 0.25) is 5.89 Å². The lowest BCUT2D eigenvalue weighted by atomic mass is 10.5. The van der Waals surface area contributed by atoms with Crippen molar-refractivity contribution < 1.29 is 4.42 Å². The summed E-state index contributed by atoms with van der Waals surface area (Å²) in [5, 5.41) is 11.0. The fourth-order valence-corrected chi connectivity index (χ4v) is 2.25. The van der Waals surface area contributed by atoms with E-state index in [1.807, 2.05) is 18.8 Å². The van der Waals surface area contributed by atoms with Crippen molar-refractivity contribution in [1.29, 1.82) is 0 Å². The average molecular weight is 214 g/mol.